The molecule has 0 saturated heterocycles. The lowest BCUT2D eigenvalue weighted by atomic mass is 10.2. The number of carbonyl (C=O) groups excluding carboxylic acids is 2. The molecule has 0 fully saturated rings. The summed E-state index contributed by atoms with van der Waals surface area (Å²) in [5.41, 5.74) is 2.36. The van der Waals surface area contributed by atoms with Gasteiger partial charge in [0, 0.05) is 30.0 Å². The van der Waals surface area contributed by atoms with Crippen molar-refractivity contribution in [2.45, 2.75) is 20.8 Å². The summed E-state index contributed by atoms with van der Waals surface area (Å²) in [6, 6.07) is 10.7. The van der Waals surface area contributed by atoms with Crippen LogP contribution in [0, 0.1) is 6.92 Å². The van der Waals surface area contributed by atoms with Gasteiger partial charge in [0.1, 0.15) is 0 Å². The number of fused-ring (bicyclic) bond motifs is 1. The number of carbonyl (C=O) groups is 2. The highest BCUT2D eigenvalue weighted by Crippen LogP contribution is 2.22. The van der Waals surface area contributed by atoms with E-state index in [1.807, 2.05) is 32.9 Å². The van der Waals surface area contributed by atoms with Crippen LogP contribution in [0.25, 0.3) is 5.52 Å². The Labute approximate surface area is 162 Å². The summed E-state index contributed by atoms with van der Waals surface area (Å²) >= 11 is 6.03. The lowest BCUT2D eigenvalue weighted by Gasteiger charge is -2.17. The molecule has 0 atom stereocenters. The second-order valence-electron chi connectivity index (χ2n) is 6.13. The Bertz CT molecular complexity index is 1010. The molecule has 3 rings (SSSR count). The first-order valence-corrected chi connectivity index (χ1v) is 9.17. The largest absolute Gasteiger partial charge is 0.338 e. The van der Waals surface area contributed by atoms with E-state index < -0.39 is 5.91 Å². The molecule has 27 heavy (non-hydrogen) atoms. The molecule has 140 valence electrons. The number of pyridine rings is 1. The molecule has 0 saturated carbocycles. The van der Waals surface area contributed by atoms with Gasteiger partial charge in [0.15, 0.2) is 5.69 Å². The van der Waals surface area contributed by atoms with Gasteiger partial charge < -0.3 is 10.2 Å². The molecular formula is C20H21ClN4O2. The maximum absolute atomic E-state index is 12.9. The molecule has 2 heterocycles. The molecule has 1 N–H and O–H groups in total. The Morgan fingerprint density at radius 1 is 1.19 bits per heavy atom. The fourth-order valence-corrected chi connectivity index (χ4v) is 3.10. The zero-order chi connectivity index (χ0) is 19.6. The third-order valence-electron chi connectivity index (χ3n) is 4.45. The number of rotatable bonds is 5. The smallest absolute Gasteiger partial charge is 0.292 e. The first-order valence-electron chi connectivity index (χ1n) is 8.80. The molecule has 2 aromatic heterocycles. The lowest BCUT2D eigenvalue weighted by Crippen LogP contribution is -2.31. The Morgan fingerprint density at radius 3 is 2.63 bits per heavy atom. The van der Waals surface area contributed by atoms with Gasteiger partial charge >= 0.3 is 0 Å². The molecule has 3 aromatic rings. The SMILES string of the molecule is CCN(CC)C(=O)c1nc(C(=O)Nc2cc(Cl)ccc2C)n2ccccc12. The number of nitrogens with zero attached hydrogens (tertiary/aromatic N) is 3. The van der Waals surface area contributed by atoms with Crippen LogP contribution in [-0.4, -0.2) is 39.2 Å². The number of amides is 2. The van der Waals surface area contributed by atoms with Crippen molar-refractivity contribution >= 4 is 34.6 Å². The highest BCUT2D eigenvalue weighted by atomic mass is 35.5. The Morgan fingerprint density at radius 2 is 1.93 bits per heavy atom. The Hall–Kier alpha value is -2.86. The van der Waals surface area contributed by atoms with Crippen molar-refractivity contribution in [2.75, 3.05) is 18.4 Å². The summed E-state index contributed by atoms with van der Waals surface area (Å²) in [7, 11) is 0. The van der Waals surface area contributed by atoms with E-state index in [9.17, 15) is 9.59 Å². The minimum Gasteiger partial charge on any atom is -0.338 e. The topological polar surface area (TPSA) is 66.7 Å². The van der Waals surface area contributed by atoms with Crippen LogP contribution in [0.1, 0.15) is 40.5 Å². The summed E-state index contributed by atoms with van der Waals surface area (Å²) in [4.78, 5) is 31.7. The first-order chi connectivity index (χ1) is 13.0. The van der Waals surface area contributed by atoms with Crippen LogP contribution in [0.5, 0.6) is 0 Å². The number of imidazole rings is 1. The van der Waals surface area contributed by atoms with E-state index in [1.54, 1.807) is 39.8 Å². The van der Waals surface area contributed by atoms with Crippen LogP contribution in [0.3, 0.4) is 0 Å². The highest BCUT2D eigenvalue weighted by Gasteiger charge is 2.24. The third-order valence-corrected chi connectivity index (χ3v) is 4.69. The van der Waals surface area contributed by atoms with Crippen molar-refractivity contribution in [3.05, 3.63) is 64.7 Å². The summed E-state index contributed by atoms with van der Waals surface area (Å²) < 4.78 is 1.63. The maximum Gasteiger partial charge on any atom is 0.292 e. The van der Waals surface area contributed by atoms with Crippen molar-refractivity contribution < 1.29 is 9.59 Å². The fourth-order valence-electron chi connectivity index (χ4n) is 2.92. The van der Waals surface area contributed by atoms with Crippen LogP contribution in [0.15, 0.2) is 42.6 Å². The predicted molar refractivity (Wildman–Crippen MR) is 107 cm³/mol. The van der Waals surface area contributed by atoms with Crippen LogP contribution in [0.4, 0.5) is 5.69 Å². The lowest BCUT2D eigenvalue weighted by molar-refractivity contribution is 0.0769. The first kappa shape index (κ1) is 18.9. The third kappa shape index (κ3) is 3.66. The van der Waals surface area contributed by atoms with Crippen molar-refractivity contribution in [3.8, 4) is 0 Å². The maximum atomic E-state index is 12.9. The second-order valence-corrected chi connectivity index (χ2v) is 6.57. The number of nitrogens with one attached hydrogen (secondary N) is 1. The summed E-state index contributed by atoms with van der Waals surface area (Å²) in [5.74, 6) is -0.442. The number of anilines is 1. The standard InChI is InChI=1S/C20H21ClN4O2/c1-4-24(5-2)20(27)17-16-8-6-7-11-25(16)18(23-17)19(26)22-15-12-14(21)10-9-13(15)3/h6-12H,4-5H2,1-3H3,(H,22,26). The van der Waals surface area contributed by atoms with E-state index >= 15 is 0 Å². The number of halogens is 1. The van der Waals surface area contributed by atoms with Gasteiger partial charge in [-0.05, 0) is 50.6 Å². The molecule has 0 spiro atoms. The van der Waals surface area contributed by atoms with Crippen molar-refractivity contribution in [1.29, 1.82) is 0 Å². The summed E-state index contributed by atoms with van der Waals surface area (Å²) in [5, 5.41) is 3.37. The van der Waals surface area contributed by atoms with E-state index in [4.69, 9.17) is 11.6 Å². The molecule has 0 bridgehead atoms. The van der Waals surface area contributed by atoms with Gasteiger partial charge in [0.05, 0.1) is 5.52 Å². The minimum atomic E-state index is -0.403. The van der Waals surface area contributed by atoms with Gasteiger partial charge in [-0.1, -0.05) is 23.7 Å². The molecular weight excluding hydrogens is 364 g/mol. The van der Waals surface area contributed by atoms with Gasteiger partial charge in [0.25, 0.3) is 11.8 Å². The highest BCUT2D eigenvalue weighted by molar-refractivity contribution is 6.31. The van der Waals surface area contributed by atoms with Crippen LogP contribution in [0.2, 0.25) is 5.02 Å². The Kier molecular flexibility index (Phi) is 5.46. The molecule has 1 aromatic carbocycles. The quantitative estimate of drug-likeness (QED) is 0.722. The van der Waals surface area contributed by atoms with Gasteiger partial charge in [-0.2, -0.15) is 0 Å². The number of aryl methyl sites for hydroxylation is 1. The van der Waals surface area contributed by atoms with Crippen molar-refractivity contribution in [2.24, 2.45) is 0 Å². The molecule has 0 radical (unpaired) electrons. The second kappa shape index (κ2) is 7.80. The molecule has 0 aliphatic carbocycles. The minimum absolute atomic E-state index is 0.153. The van der Waals surface area contributed by atoms with E-state index in [-0.39, 0.29) is 17.4 Å². The number of benzene rings is 1. The van der Waals surface area contributed by atoms with Crippen molar-refractivity contribution in [1.82, 2.24) is 14.3 Å². The normalized spacial score (nSPS) is 10.8. The fraction of sp³-hybridized carbons (Fsp3) is 0.250. The molecule has 0 aliphatic rings. The molecule has 0 unspecified atom stereocenters. The molecule has 6 nitrogen and oxygen atoms in total. The monoisotopic (exact) mass is 384 g/mol. The van der Waals surface area contributed by atoms with Gasteiger partial charge in [-0.15, -0.1) is 0 Å². The van der Waals surface area contributed by atoms with Gasteiger partial charge in [-0.3, -0.25) is 14.0 Å². The van der Waals surface area contributed by atoms with E-state index in [0.29, 0.717) is 29.3 Å². The number of hydrogen-bond acceptors (Lipinski definition) is 3. The van der Waals surface area contributed by atoms with Crippen molar-refractivity contribution in [3.63, 3.8) is 0 Å². The molecule has 7 heteroatoms. The predicted octanol–water partition coefficient (Wildman–Crippen LogP) is 4.03. The zero-order valence-electron chi connectivity index (χ0n) is 15.5. The summed E-state index contributed by atoms with van der Waals surface area (Å²) in [6.45, 7) is 6.85. The summed E-state index contributed by atoms with van der Waals surface area (Å²) in [6.07, 6.45) is 1.72. The van der Waals surface area contributed by atoms with Crippen LogP contribution >= 0.6 is 11.6 Å². The van der Waals surface area contributed by atoms with E-state index in [0.717, 1.165) is 5.56 Å². The average molecular weight is 385 g/mol. The number of hydrogen-bond donors (Lipinski definition) is 1. The molecule has 2 amide bonds. The van der Waals surface area contributed by atoms with E-state index in [2.05, 4.69) is 10.3 Å². The number of aromatic nitrogens is 2. The van der Waals surface area contributed by atoms with Crippen LogP contribution in [-0.2, 0) is 0 Å². The van der Waals surface area contributed by atoms with Gasteiger partial charge in [-0.25, -0.2) is 4.98 Å². The van der Waals surface area contributed by atoms with Gasteiger partial charge in [0.2, 0.25) is 5.82 Å². The van der Waals surface area contributed by atoms with Crippen LogP contribution < -0.4 is 5.32 Å². The Balaban J connectivity index is 2.03. The zero-order valence-corrected chi connectivity index (χ0v) is 16.2. The average Bonchev–Trinajstić information content (AvgIpc) is 3.05. The molecule has 0 aliphatic heterocycles. The van der Waals surface area contributed by atoms with E-state index in [1.165, 1.54) is 0 Å².